The third kappa shape index (κ3) is 13.5. The van der Waals surface area contributed by atoms with Crippen molar-refractivity contribution in [3.63, 3.8) is 0 Å². The zero-order valence-corrected chi connectivity index (χ0v) is 14.7. The highest BCUT2D eigenvalue weighted by atomic mass is 16.6. The van der Waals surface area contributed by atoms with E-state index >= 15 is 0 Å². The number of hydrogen-bond acceptors (Lipinski definition) is 6. The van der Waals surface area contributed by atoms with E-state index in [1.165, 1.54) is 26.2 Å². The largest absolute Gasteiger partial charge is 0.463 e. The van der Waals surface area contributed by atoms with Gasteiger partial charge < -0.3 is 14.2 Å². The fraction of sp³-hybridized carbons (Fsp3) is 0.611. The van der Waals surface area contributed by atoms with Crippen molar-refractivity contribution in [3.05, 3.63) is 24.3 Å². The van der Waals surface area contributed by atoms with Crippen LogP contribution in [0, 0.1) is 0 Å². The van der Waals surface area contributed by atoms with Crippen LogP contribution in [0.2, 0.25) is 0 Å². The molecule has 0 saturated carbocycles. The minimum atomic E-state index is -0.696. The molecule has 24 heavy (non-hydrogen) atoms. The van der Waals surface area contributed by atoms with Gasteiger partial charge in [0, 0.05) is 17.7 Å². The standard InChI is InChI=1S/C18H28O6/c1-4-5-6-7-8-9-12-22-16(19)10-11-17(20)23-13-14-24-18(21)15(2)3/h10-11H,2,4-9,12-14H2,1,3H3/b11-10+. The van der Waals surface area contributed by atoms with E-state index in [4.69, 9.17) is 14.2 Å². The van der Waals surface area contributed by atoms with Crippen molar-refractivity contribution in [2.75, 3.05) is 19.8 Å². The van der Waals surface area contributed by atoms with Gasteiger partial charge in [-0.05, 0) is 13.3 Å². The Bertz CT molecular complexity index is 439. The van der Waals surface area contributed by atoms with Crippen LogP contribution in [0.25, 0.3) is 0 Å². The molecule has 0 aromatic heterocycles. The Morgan fingerprint density at radius 1 is 0.792 bits per heavy atom. The lowest BCUT2D eigenvalue weighted by molar-refractivity contribution is -0.146. The molecule has 0 spiro atoms. The summed E-state index contributed by atoms with van der Waals surface area (Å²) < 4.78 is 14.5. The van der Waals surface area contributed by atoms with Gasteiger partial charge in [-0.2, -0.15) is 0 Å². The van der Waals surface area contributed by atoms with Crippen LogP contribution in [0.15, 0.2) is 24.3 Å². The third-order valence-electron chi connectivity index (χ3n) is 3.01. The van der Waals surface area contributed by atoms with E-state index in [-0.39, 0.29) is 18.8 Å². The molecule has 0 aromatic carbocycles. The Morgan fingerprint density at radius 3 is 1.88 bits per heavy atom. The molecule has 0 aliphatic heterocycles. The van der Waals surface area contributed by atoms with Crippen LogP contribution < -0.4 is 0 Å². The molecule has 6 nitrogen and oxygen atoms in total. The molecular formula is C18H28O6. The molecule has 0 rings (SSSR count). The fourth-order valence-corrected chi connectivity index (χ4v) is 1.69. The zero-order chi connectivity index (χ0) is 18.2. The van der Waals surface area contributed by atoms with Crippen LogP contribution >= 0.6 is 0 Å². The van der Waals surface area contributed by atoms with E-state index in [9.17, 15) is 14.4 Å². The van der Waals surface area contributed by atoms with Crippen LogP contribution in [0.4, 0.5) is 0 Å². The smallest absolute Gasteiger partial charge is 0.333 e. The summed E-state index contributed by atoms with van der Waals surface area (Å²) in [6.45, 7) is 7.30. The Hall–Kier alpha value is -2.11. The first-order chi connectivity index (χ1) is 11.5. The molecule has 0 aromatic rings. The summed E-state index contributed by atoms with van der Waals surface area (Å²) in [4.78, 5) is 33.8. The monoisotopic (exact) mass is 340 g/mol. The van der Waals surface area contributed by atoms with Gasteiger partial charge in [0.25, 0.3) is 0 Å². The lowest BCUT2D eigenvalue weighted by Crippen LogP contribution is -2.13. The maximum absolute atomic E-state index is 11.4. The normalized spacial score (nSPS) is 10.4. The molecule has 0 unspecified atom stereocenters. The van der Waals surface area contributed by atoms with Gasteiger partial charge in [0.05, 0.1) is 6.61 Å². The summed E-state index contributed by atoms with van der Waals surface area (Å²) in [7, 11) is 0. The predicted octanol–water partition coefficient (Wildman–Crippen LogP) is 3.11. The molecule has 0 aliphatic carbocycles. The van der Waals surface area contributed by atoms with Gasteiger partial charge in [0.1, 0.15) is 13.2 Å². The number of carbonyl (C=O) groups is 3. The Kier molecular flexibility index (Phi) is 13.2. The highest BCUT2D eigenvalue weighted by molar-refractivity contribution is 5.91. The lowest BCUT2D eigenvalue weighted by atomic mass is 10.1. The Morgan fingerprint density at radius 2 is 1.29 bits per heavy atom. The number of rotatable bonds is 13. The number of esters is 3. The lowest BCUT2D eigenvalue weighted by Gasteiger charge is -2.04. The third-order valence-corrected chi connectivity index (χ3v) is 3.01. The molecule has 0 atom stereocenters. The summed E-state index contributed by atoms with van der Waals surface area (Å²) in [5, 5.41) is 0. The molecule has 0 amide bonds. The number of ether oxygens (including phenoxy) is 3. The summed E-state index contributed by atoms with van der Waals surface area (Å²) in [5.74, 6) is -1.81. The van der Waals surface area contributed by atoms with Crippen LogP contribution in [0.5, 0.6) is 0 Å². The van der Waals surface area contributed by atoms with Gasteiger partial charge in [-0.1, -0.05) is 45.6 Å². The van der Waals surface area contributed by atoms with Crippen LogP contribution in [0.3, 0.4) is 0 Å². The van der Waals surface area contributed by atoms with Gasteiger partial charge in [-0.25, -0.2) is 14.4 Å². The van der Waals surface area contributed by atoms with E-state index in [0.717, 1.165) is 31.4 Å². The Labute approximate surface area is 143 Å². The van der Waals surface area contributed by atoms with Crippen molar-refractivity contribution in [2.45, 2.75) is 52.4 Å². The molecule has 136 valence electrons. The van der Waals surface area contributed by atoms with Crippen molar-refractivity contribution < 1.29 is 28.6 Å². The van der Waals surface area contributed by atoms with Gasteiger partial charge >= 0.3 is 17.9 Å². The van der Waals surface area contributed by atoms with Gasteiger partial charge in [0.2, 0.25) is 0 Å². The summed E-state index contributed by atoms with van der Waals surface area (Å²) in [6, 6.07) is 0. The molecule has 6 heteroatoms. The molecule has 0 aliphatic rings. The fourth-order valence-electron chi connectivity index (χ4n) is 1.69. The van der Waals surface area contributed by atoms with Crippen molar-refractivity contribution in [2.24, 2.45) is 0 Å². The van der Waals surface area contributed by atoms with E-state index in [0.29, 0.717) is 6.61 Å². The molecule has 0 bridgehead atoms. The van der Waals surface area contributed by atoms with E-state index in [2.05, 4.69) is 13.5 Å². The van der Waals surface area contributed by atoms with E-state index < -0.39 is 17.9 Å². The average molecular weight is 340 g/mol. The maximum Gasteiger partial charge on any atom is 0.333 e. The van der Waals surface area contributed by atoms with Gasteiger partial charge in [-0.15, -0.1) is 0 Å². The summed E-state index contributed by atoms with van der Waals surface area (Å²) in [5.41, 5.74) is 0.273. The highest BCUT2D eigenvalue weighted by Gasteiger charge is 2.04. The second kappa shape index (κ2) is 14.5. The van der Waals surface area contributed by atoms with Crippen molar-refractivity contribution >= 4 is 17.9 Å². The van der Waals surface area contributed by atoms with Crippen molar-refractivity contribution in [1.82, 2.24) is 0 Å². The molecule has 0 heterocycles. The van der Waals surface area contributed by atoms with Crippen LogP contribution in [-0.2, 0) is 28.6 Å². The topological polar surface area (TPSA) is 78.9 Å². The molecule has 0 fully saturated rings. The van der Waals surface area contributed by atoms with Crippen molar-refractivity contribution in [1.29, 1.82) is 0 Å². The van der Waals surface area contributed by atoms with Crippen molar-refractivity contribution in [3.8, 4) is 0 Å². The first-order valence-electron chi connectivity index (χ1n) is 8.31. The number of hydrogen-bond donors (Lipinski definition) is 0. The molecular weight excluding hydrogens is 312 g/mol. The number of unbranched alkanes of at least 4 members (excludes halogenated alkanes) is 5. The summed E-state index contributed by atoms with van der Waals surface area (Å²) >= 11 is 0. The van der Waals surface area contributed by atoms with E-state index in [1.54, 1.807) is 0 Å². The first kappa shape index (κ1) is 21.9. The van der Waals surface area contributed by atoms with E-state index in [1.807, 2.05) is 0 Å². The molecule has 0 N–H and O–H groups in total. The second-order valence-corrected chi connectivity index (χ2v) is 5.35. The highest BCUT2D eigenvalue weighted by Crippen LogP contribution is 2.05. The van der Waals surface area contributed by atoms with Gasteiger partial charge in [0.15, 0.2) is 0 Å². The average Bonchev–Trinajstić information content (AvgIpc) is 2.55. The quantitative estimate of drug-likeness (QED) is 0.222. The second-order valence-electron chi connectivity index (χ2n) is 5.35. The van der Waals surface area contributed by atoms with Crippen LogP contribution in [0.1, 0.15) is 52.4 Å². The minimum absolute atomic E-state index is 0.0618. The zero-order valence-electron chi connectivity index (χ0n) is 14.7. The summed E-state index contributed by atoms with van der Waals surface area (Å²) in [6.07, 6.45) is 8.65. The van der Waals surface area contributed by atoms with Crippen LogP contribution in [-0.4, -0.2) is 37.7 Å². The molecule has 0 saturated heterocycles. The first-order valence-corrected chi connectivity index (χ1v) is 8.31. The minimum Gasteiger partial charge on any atom is -0.463 e. The van der Waals surface area contributed by atoms with Gasteiger partial charge in [-0.3, -0.25) is 0 Å². The maximum atomic E-state index is 11.4. The Balaban J connectivity index is 3.65. The number of carbonyl (C=O) groups excluding carboxylic acids is 3. The predicted molar refractivity (Wildman–Crippen MR) is 90.2 cm³/mol. The molecule has 0 radical (unpaired) electrons. The SMILES string of the molecule is C=C(C)C(=O)OCCOC(=O)/C=C/C(=O)OCCCCCCCC.